The fraction of sp³-hybridized carbons (Fsp3) is 0.200. The van der Waals surface area contributed by atoms with Crippen molar-refractivity contribution in [2.75, 3.05) is 12.3 Å². The molecule has 0 aliphatic carbocycles. The standard InChI is InChI=1S/C10H8N2O2S/c13-7-11-4-5-15-10-3-1-2-9(6-10)12-8-14/h1-3,6H,4-5H2. The van der Waals surface area contributed by atoms with Gasteiger partial charge in [0.25, 0.3) is 0 Å². The van der Waals surface area contributed by atoms with Crippen LogP contribution in [0, 0.1) is 0 Å². The van der Waals surface area contributed by atoms with Crippen LogP contribution in [-0.2, 0) is 9.59 Å². The molecule has 0 aliphatic rings. The van der Waals surface area contributed by atoms with Crippen LogP contribution in [0.25, 0.3) is 0 Å². The summed E-state index contributed by atoms with van der Waals surface area (Å²) in [5.41, 5.74) is 0.578. The Labute approximate surface area is 91.1 Å². The minimum atomic E-state index is 0.440. The topological polar surface area (TPSA) is 58.9 Å². The van der Waals surface area contributed by atoms with Crippen molar-refractivity contribution in [2.45, 2.75) is 4.90 Å². The quantitative estimate of drug-likeness (QED) is 0.330. The van der Waals surface area contributed by atoms with Crippen LogP contribution in [0.1, 0.15) is 0 Å². The first-order valence-electron chi connectivity index (χ1n) is 4.21. The molecular weight excluding hydrogens is 212 g/mol. The van der Waals surface area contributed by atoms with Gasteiger partial charge in [0.15, 0.2) is 0 Å². The van der Waals surface area contributed by atoms with E-state index in [2.05, 4.69) is 9.98 Å². The maximum Gasteiger partial charge on any atom is 0.240 e. The largest absolute Gasteiger partial charge is 0.240 e. The van der Waals surface area contributed by atoms with Crippen LogP contribution in [0.5, 0.6) is 0 Å². The second kappa shape index (κ2) is 6.74. The van der Waals surface area contributed by atoms with Gasteiger partial charge in [-0.05, 0) is 18.2 Å². The zero-order chi connectivity index (χ0) is 10.9. The highest BCUT2D eigenvalue weighted by molar-refractivity contribution is 7.99. The second-order valence-corrected chi connectivity index (χ2v) is 3.69. The van der Waals surface area contributed by atoms with Crippen molar-refractivity contribution in [2.24, 2.45) is 9.98 Å². The van der Waals surface area contributed by atoms with Crippen molar-refractivity contribution in [3.05, 3.63) is 24.3 Å². The number of carbonyl (C=O) groups excluding carboxylic acids is 2. The number of hydrogen-bond donors (Lipinski definition) is 0. The molecule has 0 N–H and O–H groups in total. The van der Waals surface area contributed by atoms with E-state index in [1.807, 2.05) is 12.1 Å². The van der Waals surface area contributed by atoms with E-state index in [9.17, 15) is 9.59 Å². The molecule has 0 saturated carbocycles. The summed E-state index contributed by atoms with van der Waals surface area (Å²) in [6, 6.07) is 7.21. The molecule has 1 rings (SSSR count). The van der Waals surface area contributed by atoms with E-state index in [0.717, 1.165) is 4.90 Å². The van der Waals surface area contributed by atoms with Gasteiger partial charge in [0.05, 0.1) is 12.2 Å². The Kier molecular flexibility index (Phi) is 5.12. The van der Waals surface area contributed by atoms with E-state index < -0.39 is 0 Å². The van der Waals surface area contributed by atoms with Gasteiger partial charge < -0.3 is 0 Å². The van der Waals surface area contributed by atoms with Crippen molar-refractivity contribution in [3.63, 3.8) is 0 Å². The number of isocyanates is 2. The summed E-state index contributed by atoms with van der Waals surface area (Å²) in [4.78, 5) is 27.7. The summed E-state index contributed by atoms with van der Waals surface area (Å²) < 4.78 is 0. The van der Waals surface area contributed by atoms with Gasteiger partial charge >= 0.3 is 0 Å². The van der Waals surface area contributed by atoms with E-state index in [1.54, 1.807) is 12.1 Å². The predicted octanol–water partition coefficient (Wildman–Crippen LogP) is 2.08. The SMILES string of the molecule is O=C=NCCSc1cccc(N=C=O)c1. The molecule has 0 amide bonds. The Morgan fingerprint density at radius 2 is 2.13 bits per heavy atom. The summed E-state index contributed by atoms with van der Waals surface area (Å²) >= 11 is 1.54. The van der Waals surface area contributed by atoms with Gasteiger partial charge in [-0.25, -0.2) is 14.6 Å². The molecule has 0 heterocycles. The Bertz CT molecular complexity index is 421. The van der Waals surface area contributed by atoms with Crippen LogP contribution in [0.15, 0.2) is 39.1 Å². The van der Waals surface area contributed by atoms with Crippen LogP contribution in [-0.4, -0.2) is 24.5 Å². The highest BCUT2D eigenvalue weighted by Gasteiger charge is 1.95. The summed E-state index contributed by atoms with van der Waals surface area (Å²) in [5, 5.41) is 0. The molecule has 0 saturated heterocycles. The molecule has 15 heavy (non-hydrogen) atoms. The Hall–Kier alpha value is -1.67. The molecule has 0 unspecified atom stereocenters. The van der Waals surface area contributed by atoms with Gasteiger partial charge in [0.2, 0.25) is 12.2 Å². The molecule has 0 atom stereocenters. The van der Waals surface area contributed by atoms with E-state index in [1.165, 1.54) is 23.9 Å². The molecule has 4 nitrogen and oxygen atoms in total. The van der Waals surface area contributed by atoms with Crippen LogP contribution in [0.3, 0.4) is 0 Å². The van der Waals surface area contributed by atoms with E-state index >= 15 is 0 Å². The fourth-order valence-electron chi connectivity index (χ4n) is 0.950. The molecule has 0 aromatic heterocycles. The van der Waals surface area contributed by atoms with Gasteiger partial charge in [0.1, 0.15) is 0 Å². The molecule has 5 heteroatoms. The van der Waals surface area contributed by atoms with Crippen LogP contribution < -0.4 is 0 Å². The number of aliphatic imine (C=N–C) groups is 2. The molecule has 0 spiro atoms. The zero-order valence-electron chi connectivity index (χ0n) is 7.84. The number of hydrogen-bond acceptors (Lipinski definition) is 5. The third kappa shape index (κ3) is 4.38. The number of nitrogens with zero attached hydrogens (tertiary/aromatic N) is 2. The minimum absolute atomic E-state index is 0.440. The lowest BCUT2D eigenvalue weighted by molar-refractivity contribution is 0.563. The van der Waals surface area contributed by atoms with Gasteiger partial charge in [-0.2, -0.15) is 4.99 Å². The summed E-state index contributed by atoms with van der Waals surface area (Å²) in [6.45, 7) is 0.440. The lowest BCUT2D eigenvalue weighted by Crippen LogP contribution is -1.83. The Balaban J connectivity index is 2.57. The Morgan fingerprint density at radius 3 is 2.87 bits per heavy atom. The van der Waals surface area contributed by atoms with Gasteiger partial charge in [-0.3, -0.25) is 0 Å². The monoisotopic (exact) mass is 220 g/mol. The lowest BCUT2D eigenvalue weighted by Gasteiger charge is -1.98. The van der Waals surface area contributed by atoms with Crippen molar-refractivity contribution in [1.29, 1.82) is 0 Å². The first-order chi connectivity index (χ1) is 7.36. The molecule has 1 aromatic rings. The summed E-state index contributed by atoms with van der Waals surface area (Å²) in [5.74, 6) is 0.698. The molecule has 76 valence electrons. The molecule has 0 bridgehead atoms. The van der Waals surface area contributed by atoms with Gasteiger partial charge in [-0.1, -0.05) is 6.07 Å². The molecule has 0 radical (unpaired) electrons. The molecule has 0 fully saturated rings. The third-order valence-electron chi connectivity index (χ3n) is 1.53. The maximum absolute atomic E-state index is 10.0. The van der Waals surface area contributed by atoms with Crippen LogP contribution >= 0.6 is 11.8 Å². The highest BCUT2D eigenvalue weighted by Crippen LogP contribution is 2.22. The van der Waals surface area contributed by atoms with Crippen molar-refractivity contribution >= 4 is 29.6 Å². The van der Waals surface area contributed by atoms with Crippen molar-refractivity contribution in [3.8, 4) is 0 Å². The van der Waals surface area contributed by atoms with E-state index in [-0.39, 0.29) is 0 Å². The lowest BCUT2D eigenvalue weighted by atomic mass is 10.3. The number of thioether (sulfide) groups is 1. The predicted molar refractivity (Wildman–Crippen MR) is 57.9 cm³/mol. The minimum Gasteiger partial charge on any atom is -0.211 e. The highest BCUT2D eigenvalue weighted by atomic mass is 32.2. The van der Waals surface area contributed by atoms with E-state index in [0.29, 0.717) is 18.0 Å². The summed E-state index contributed by atoms with van der Waals surface area (Å²) in [6.07, 6.45) is 2.96. The smallest absolute Gasteiger partial charge is 0.211 e. The van der Waals surface area contributed by atoms with Gasteiger partial charge in [0, 0.05) is 10.6 Å². The second-order valence-electron chi connectivity index (χ2n) is 2.52. The normalized spacial score (nSPS) is 8.80. The third-order valence-corrected chi connectivity index (χ3v) is 2.50. The van der Waals surface area contributed by atoms with Crippen LogP contribution in [0.4, 0.5) is 5.69 Å². The zero-order valence-corrected chi connectivity index (χ0v) is 8.66. The molecule has 1 aromatic carbocycles. The average molecular weight is 220 g/mol. The first-order valence-corrected chi connectivity index (χ1v) is 5.20. The molecular formula is C10H8N2O2S. The van der Waals surface area contributed by atoms with Crippen molar-refractivity contribution in [1.82, 2.24) is 0 Å². The number of rotatable bonds is 5. The number of benzene rings is 1. The fourth-order valence-corrected chi connectivity index (χ4v) is 1.75. The Morgan fingerprint density at radius 1 is 1.27 bits per heavy atom. The van der Waals surface area contributed by atoms with Crippen LogP contribution in [0.2, 0.25) is 0 Å². The van der Waals surface area contributed by atoms with E-state index in [4.69, 9.17) is 0 Å². The first kappa shape index (κ1) is 11.4. The molecule has 0 aliphatic heterocycles. The van der Waals surface area contributed by atoms with Crippen molar-refractivity contribution < 1.29 is 9.59 Å². The maximum atomic E-state index is 10.0. The average Bonchev–Trinajstić information content (AvgIpc) is 2.26. The summed E-state index contributed by atoms with van der Waals surface area (Å²) in [7, 11) is 0. The van der Waals surface area contributed by atoms with Gasteiger partial charge in [-0.15, -0.1) is 11.8 Å².